The van der Waals surface area contributed by atoms with Crippen LogP contribution in [-0.4, -0.2) is 27.0 Å². The minimum absolute atomic E-state index is 0.0736. The van der Waals surface area contributed by atoms with E-state index in [1.54, 1.807) is 13.0 Å². The molecule has 0 aliphatic heterocycles. The Morgan fingerprint density at radius 2 is 2.04 bits per heavy atom. The molecule has 3 rings (SSSR count). The zero-order valence-corrected chi connectivity index (χ0v) is 16.2. The van der Waals surface area contributed by atoms with Crippen LogP contribution in [0.4, 0.5) is 0 Å². The summed E-state index contributed by atoms with van der Waals surface area (Å²) in [6, 6.07) is 12.0. The summed E-state index contributed by atoms with van der Waals surface area (Å²) in [5.74, 6) is -0.747. The number of nitrogens with zero attached hydrogens (tertiary/aromatic N) is 2. The van der Waals surface area contributed by atoms with Gasteiger partial charge < -0.3 is 5.11 Å². The number of H-pyrrole nitrogens is 1. The Balaban J connectivity index is 1.83. The lowest BCUT2D eigenvalue weighted by Crippen LogP contribution is -2.20. The third-order valence-electron chi connectivity index (χ3n) is 3.94. The fraction of sp³-hybridized carbons (Fsp3) is 0.105. The topological polar surface area (TPSA) is 99.5 Å². The van der Waals surface area contributed by atoms with E-state index in [0.717, 1.165) is 5.56 Å². The van der Waals surface area contributed by atoms with Gasteiger partial charge in [-0.3, -0.25) is 14.7 Å². The van der Waals surface area contributed by atoms with Gasteiger partial charge in [-0.15, -0.1) is 0 Å². The predicted octanol–water partition coefficient (Wildman–Crippen LogP) is 3.01. The molecule has 0 bridgehead atoms. The highest BCUT2D eigenvalue weighted by Crippen LogP contribution is 2.21. The first-order chi connectivity index (χ1) is 12.9. The molecule has 0 saturated heterocycles. The fourth-order valence-corrected chi connectivity index (χ4v) is 2.93. The van der Waals surface area contributed by atoms with E-state index in [0.29, 0.717) is 21.4 Å². The van der Waals surface area contributed by atoms with Gasteiger partial charge in [0.15, 0.2) is 0 Å². The molecule has 1 aromatic heterocycles. The number of hydrogen-bond donors (Lipinski definition) is 3. The average molecular weight is 429 g/mol. The van der Waals surface area contributed by atoms with Crippen LogP contribution >= 0.6 is 15.9 Å². The molecule has 0 saturated carbocycles. The smallest absolute Gasteiger partial charge is 0.280 e. The number of aromatic nitrogens is 2. The lowest BCUT2D eigenvalue weighted by atomic mass is 10.2. The molecule has 27 heavy (non-hydrogen) atoms. The molecule has 0 aliphatic rings. The van der Waals surface area contributed by atoms with E-state index in [1.165, 1.54) is 23.0 Å². The molecule has 0 spiro atoms. The average Bonchev–Trinajstić information content (AvgIpc) is 2.91. The number of rotatable bonds is 4. The van der Waals surface area contributed by atoms with Crippen molar-refractivity contribution in [3.8, 4) is 11.4 Å². The van der Waals surface area contributed by atoms with E-state index >= 15 is 0 Å². The van der Waals surface area contributed by atoms with Crippen molar-refractivity contribution in [2.45, 2.75) is 13.8 Å². The van der Waals surface area contributed by atoms with Crippen molar-refractivity contribution >= 4 is 28.1 Å². The number of carbonyl (C=O) groups excluding carboxylic acids is 1. The molecule has 1 heterocycles. The van der Waals surface area contributed by atoms with Gasteiger partial charge in [0.1, 0.15) is 5.75 Å². The first kappa shape index (κ1) is 18.7. The monoisotopic (exact) mass is 428 g/mol. The summed E-state index contributed by atoms with van der Waals surface area (Å²) in [6.07, 6.45) is 1.29. The van der Waals surface area contributed by atoms with Crippen LogP contribution in [0.15, 0.2) is 56.8 Å². The zero-order chi connectivity index (χ0) is 19.6. The fourth-order valence-electron chi connectivity index (χ4n) is 2.57. The molecule has 3 N–H and O–H groups in total. The minimum atomic E-state index is -0.586. The highest BCUT2D eigenvalue weighted by atomic mass is 79.9. The molecule has 0 atom stereocenters. The van der Waals surface area contributed by atoms with Gasteiger partial charge in [0.05, 0.1) is 23.0 Å². The van der Waals surface area contributed by atoms with Crippen molar-refractivity contribution in [1.82, 2.24) is 15.2 Å². The maximum Gasteiger partial charge on any atom is 0.280 e. The highest BCUT2D eigenvalue weighted by molar-refractivity contribution is 9.10. The van der Waals surface area contributed by atoms with Gasteiger partial charge in [0, 0.05) is 10.2 Å². The summed E-state index contributed by atoms with van der Waals surface area (Å²) in [5, 5.41) is 16.6. The van der Waals surface area contributed by atoms with Crippen molar-refractivity contribution in [2.24, 2.45) is 5.10 Å². The zero-order valence-electron chi connectivity index (χ0n) is 14.7. The number of nitrogens with one attached hydrogen (secondary N) is 2. The van der Waals surface area contributed by atoms with Gasteiger partial charge in [0.2, 0.25) is 0 Å². The molecule has 0 unspecified atom stereocenters. The SMILES string of the molecule is Cc1cccc(-n2[nH]c(C)c(C=NNC(=O)c3cc(Br)ccc3O)c2=O)c1. The molecule has 7 nitrogen and oxygen atoms in total. The van der Waals surface area contributed by atoms with Crippen LogP contribution < -0.4 is 11.0 Å². The number of hydrazone groups is 1. The van der Waals surface area contributed by atoms with Crippen LogP contribution in [0.5, 0.6) is 5.75 Å². The molecule has 0 aliphatic carbocycles. The first-order valence-electron chi connectivity index (χ1n) is 8.07. The second-order valence-electron chi connectivity index (χ2n) is 5.99. The minimum Gasteiger partial charge on any atom is -0.507 e. The van der Waals surface area contributed by atoms with Gasteiger partial charge >= 0.3 is 0 Å². The van der Waals surface area contributed by atoms with Gasteiger partial charge in [0.25, 0.3) is 11.5 Å². The third kappa shape index (κ3) is 4.01. The number of halogens is 1. The van der Waals surface area contributed by atoms with Crippen LogP contribution in [0.2, 0.25) is 0 Å². The number of aromatic amines is 1. The number of hydrogen-bond acceptors (Lipinski definition) is 4. The second-order valence-corrected chi connectivity index (χ2v) is 6.91. The van der Waals surface area contributed by atoms with Crippen molar-refractivity contribution in [1.29, 1.82) is 0 Å². The lowest BCUT2D eigenvalue weighted by molar-refractivity contribution is 0.0952. The van der Waals surface area contributed by atoms with E-state index in [4.69, 9.17) is 0 Å². The van der Waals surface area contributed by atoms with Crippen LogP contribution in [0.1, 0.15) is 27.2 Å². The van der Waals surface area contributed by atoms with E-state index in [9.17, 15) is 14.7 Å². The molecule has 138 valence electrons. The first-order valence-corrected chi connectivity index (χ1v) is 8.86. The summed E-state index contributed by atoms with van der Waals surface area (Å²) in [6.45, 7) is 3.69. The van der Waals surface area contributed by atoms with Gasteiger partial charge in [-0.05, 0) is 49.7 Å². The highest BCUT2D eigenvalue weighted by Gasteiger charge is 2.13. The van der Waals surface area contributed by atoms with Crippen molar-refractivity contribution in [3.05, 3.63) is 79.7 Å². The normalized spacial score (nSPS) is 11.1. The van der Waals surface area contributed by atoms with Crippen molar-refractivity contribution in [2.75, 3.05) is 0 Å². The maximum atomic E-state index is 12.6. The Labute approximate surface area is 163 Å². The van der Waals surface area contributed by atoms with E-state index in [-0.39, 0.29) is 16.9 Å². The Kier molecular flexibility index (Phi) is 5.27. The van der Waals surface area contributed by atoms with Crippen molar-refractivity contribution in [3.63, 3.8) is 0 Å². The summed E-state index contributed by atoms with van der Waals surface area (Å²) in [7, 11) is 0. The number of phenolic OH excluding ortho intramolecular Hbond substituents is 1. The number of benzene rings is 2. The number of aryl methyl sites for hydroxylation is 2. The van der Waals surface area contributed by atoms with E-state index < -0.39 is 5.91 Å². The van der Waals surface area contributed by atoms with Gasteiger partial charge in [-0.25, -0.2) is 10.1 Å². The summed E-state index contributed by atoms with van der Waals surface area (Å²) >= 11 is 3.24. The van der Waals surface area contributed by atoms with Crippen LogP contribution in [0.3, 0.4) is 0 Å². The van der Waals surface area contributed by atoms with Crippen LogP contribution in [0.25, 0.3) is 5.69 Å². The standard InChI is InChI=1S/C19H17BrN4O3/c1-11-4-3-5-14(8-11)24-19(27)16(12(2)23-24)10-21-22-18(26)15-9-13(20)6-7-17(15)25/h3-10,23,25H,1-2H3,(H,22,26). The lowest BCUT2D eigenvalue weighted by Gasteiger charge is -2.03. The van der Waals surface area contributed by atoms with Crippen LogP contribution in [-0.2, 0) is 0 Å². The van der Waals surface area contributed by atoms with Gasteiger partial charge in [-0.2, -0.15) is 5.10 Å². The number of aromatic hydroxyl groups is 1. The Morgan fingerprint density at radius 1 is 1.26 bits per heavy atom. The second kappa shape index (κ2) is 7.63. The Bertz CT molecular complexity index is 1100. The number of phenols is 1. The largest absolute Gasteiger partial charge is 0.507 e. The molecular formula is C19H17BrN4O3. The van der Waals surface area contributed by atoms with E-state index in [1.807, 2.05) is 31.2 Å². The van der Waals surface area contributed by atoms with Gasteiger partial charge in [-0.1, -0.05) is 28.1 Å². The third-order valence-corrected chi connectivity index (χ3v) is 4.43. The number of amides is 1. The molecule has 0 fully saturated rings. The van der Waals surface area contributed by atoms with Crippen molar-refractivity contribution < 1.29 is 9.90 Å². The Morgan fingerprint density at radius 3 is 2.78 bits per heavy atom. The quantitative estimate of drug-likeness (QED) is 0.439. The molecule has 2 aromatic carbocycles. The molecule has 1 amide bonds. The molecular weight excluding hydrogens is 412 g/mol. The Hall–Kier alpha value is -3.13. The molecule has 3 aromatic rings. The van der Waals surface area contributed by atoms with Crippen LogP contribution in [0, 0.1) is 13.8 Å². The number of carbonyl (C=O) groups is 1. The summed E-state index contributed by atoms with van der Waals surface area (Å²) < 4.78 is 2.07. The molecule has 8 heteroatoms. The molecule has 0 radical (unpaired) electrons. The summed E-state index contributed by atoms with van der Waals surface area (Å²) in [4.78, 5) is 24.8. The predicted molar refractivity (Wildman–Crippen MR) is 107 cm³/mol. The van der Waals surface area contributed by atoms with E-state index in [2.05, 4.69) is 31.6 Å². The maximum absolute atomic E-state index is 12.6. The summed E-state index contributed by atoms with van der Waals surface area (Å²) in [5.41, 5.74) is 4.80.